The number of nitrogens with one attached hydrogen (secondary N) is 1. The van der Waals surface area contributed by atoms with Crippen LogP contribution in [0.3, 0.4) is 0 Å². The third-order valence-electron chi connectivity index (χ3n) is 3.50. The van der Waals surface area contributed by atoms with Gasteiger partial charge in [0.05, 0.1) is 0 Å². The van der Waals surface area contributed by atoms with Crippen molar-refractivity contribution in [1.29, 1.82) is 0 Å². The Morgan fingerprint density at radius 2 is 2.00 bits per heavy atom. The molecule has 3 heteroatoms. The Hall–Kier alpha value is -0.900. The highest BCUT2D eigenvalue weighted by molar-refractivity contribution is 5.17. The van der Waals surface area contributed by atoms with E-state index in [-0.39, 0.29) is 12.2 Å². The van der Waals surface area contributed by atoms with Crippen LogP contribution in [0.2, 0.25) is 0 Å². The summed E-state index contributed by atoms with van der Waals surface area (Å²) in [5, 5.41) is 3.49. The van der Waals surface area contributed by atoms with Crippen LogP contribution in [0.25, 0.3) is 0 Å². The topological polar surface area (TPSA) is 30.5 Å². The quantitative estimate of drug-likeness (QED) is 0.843. The van der Waals surface area contributed by atoms with Gasteiger partial charge in [-0.05, 0) is 25.8 Å². The number of hydrogen-bond donors (Lipinski definition) is 1. The normalized spacial score (nSPS) is 34.8. The maximum absolute atomic E-state index is 5.97. The molecule has 1 aromatic rings. The van der Waals surface area contributed by atoms with Gasteiger partial charge in [-0.1, -0.05) is 30.3 Å². The van der Waals surface area contributed by atoms with Gasteiger partial charge in [0.15, 0.2) is 5.79 Å². The Balaban J connectivity index is 1.70. The number of fused-ring (bicyclic) bond motifs is 1. The molecule has 1 N–H and O–H groups in total. The Labute approximate surface area is 102 Å². The SMILES string of the molecule is CC1(C)O[C@H]2[C@H](Cc3ccccc3)NC[C@H]2O1. The number of benzene rings is 1. The first kappa shape index (κ1) is 11.2. The second kappa shape index (κ2) is 4.09. The molecule has 0 aliphatic carbocycles. The fourth-order valence-corrected chi connectivity index (χ4v) is 2.80. The summed E-state index contributed by atoms with van der Waals surface area (Å²) < 4.78 is 11.8. The molecule has 0 radical (unpaired) electrons. The van der Waals surface area contributed by atoms with Crippen molar-refractivity contribution in [2.24, 2.45) is 0 Å². The lowest BCUT2D eigenvalue weighted by molar-refractivity contribution is -0.152. The third-order valence-corrected chi connectivity index (χ3v) is 3.50. The maximum Gasteiger partial charge on any atom is 0.163 e. The summed E-state index contributed by atoms with van der Waals surface area (Å²) in [5.41, 5.74) is 1.35. The van der Waals surface area contributed by atoms with Gasteiger partial charge in [-0.15, -0.1) is 0 Å². The van der Waals surface area contributed by atoms with Crippen LogP contribution in [0.1, 0.15) is 19.4 Å². The first-order valence-electron chi connectivity index (χ1n) is 6.27. The Morgan fingerprint density at radius 3 is 2.76 bits per heavy atom. The molecule has 3 atom stereocenters. The Morgan fingerprint density at radius 1 is 1.24 bits per heavy atom. The highest BCUT2D eigenvalue weighted by atomic mass is 16.8. The average molecular weight is 233 g/mol. The van der Waals surface area contributed by atoms with E-state index in [0.29, 0.717) is 6.04 Å². The van der Waals surface area contributed by atoms with Crippen LogP contribution in [0.15, 0.2) is 30.3 Å². The third kappa shape index (κ3) is 2.23. The van der Waals surface area contributed by atoms with E-state index >= 15 is 0 Å². The molecule has 2 fully saturated rings. The van der Waals surface area contributed by atoms with Crippen molar-refractivity contribution in [3.63, 3.8) is 0 Å². The predicted molar refractivity (Wildman–Crippen MR) is 65.8 cm³/mol. The molecule has 3 rings (SSSR count). The lowest BCUT2D eigenvalue weighted by Crippen LogP contribution is -2.36. The van der Waals surface area contributed by atoms with Gasteiger partial charge in [-0.3, -0.25) is 0 Å². The Kier molecular flexibility index (Phi) is 2.69. The minimum absolute atomic E-state index is 0.185. The molecule has 0 aromatic heterocycles. The van der Waals surface area contributed by atoms with Crippen molar-refractivity contribution in [2.75, 3.05) is 6.54 Å². The van der Waals surface area contributed by atoms with Gasteiger partial charge in [-0.25, -0.2) is 0 Å². The smallest absolute Gasteiger partial charge is 0.163 e. The van der Waals surface area contributed by atoms with Gasteiger partial charge in [0.2, 0.25) is 0 Å². The maximum atomic E-state index is 5.97. The van der Waals surface area contributed by atoms with Gasteiger partial charge in [0.1, 0.15) is 12.2 Å². The molecule has 1 aromatic carbocycles. The lowest BCUT2D eigenvalue weighted by atomic mass is 10.0. The van der Waals surface area contributed by atoms with Gasteiger partial charge < -0.3 is 14.8 Å². The molecule has 2 saturated heterocycles. The molecule has 2 heterocycles. The van der Waals surface area contributed by atoms with Crippen molar-refractivity contribution < 1.29 is 9.47 Å². The summed E-state index contributed by atoms with van der Waals surface area (Å²) in [4.78, 5) is 0. The fraction of sp³-hybridized carbons (Fsp3) is 0.571. The number of rotatable bonds is 2. The monoisotopic (exact) mass is 233 g/mol. The van der Waals surface area contributed by atoms with Crippen LogP contribution in [-0.2, 0) is 15.9 Å². The van der Waals surface area contributed by atoms with Gasteiger partial charge in [-0.2, -0.15) is 0 Å². The van der Waals surface area contributed by atoms with E-state index in [4.69, 9.17) is 9.47 Å². The van der Waals surface area contributed by atoms with Crippen LogP contribution < -0.4 is 5.32 Å². The van der Waals surface area contributed by atoms with Crippen molar-refractivity contribution in [3.8, 4) is 0 Å². The van der Waals surface area contributed by atoms with E-state index in [1.165, 1.54) is 5.56 Å². The van der Waals surface area contributed by atoms with Crippen molar-refractivity contribution >= 4 is 0 Å². The summed E-state index contributed by atoms with van der Waals surface area (Å²) in [6.45, 7) is 4.88. The second-order valence-corrected chi connectivity index (χ2v) is 5.34. The molecule has 92 valence electrons. The predicted octanol–water partition coefficient (Wildman–Crippen LogP) is 1.72. The van der Waals surface area contributed by atoms with E-state index < -0.39 is 5.79 Å². The van der Waals surface area contributed by atoms with Crippen molar-refractivity contribution in [3.05, 3.63) is 35.9 Å². The summed E-state index contributed by atoms with van der Waals surface area (Å²) in [6.07, 6.45) is 1.39. The molecule has 3 nitrogen and oxygen atoms in total. The van der Waals surface area contributed by atoms with E-state index in [0.717, 1.165) is 13.0 Å². The van der Waals surface area contributed by atoms with Crippen molar-refractivity contribution in [2.45, 2.75) is 44.3 Å². The summed E-state index contributed by atoms with van der Waals surface area (Å²) in [7, 11) is 0. The second-order valence-electron chi connectivity index (χ2n) is 5.34. The summed E-state index contributed by atoms with van der Waals surface area (Å²) >= 11 is 0. The average Bonchev–Trinajstić information content (AvgIpc) is 2.77. The molecule has 0 bridgehead atoms. The minimum atomic E-state index is -0.424. The van der Waals surface area contributed by atoms with Crippen LogP contribution in [0.5, 0.6) is 0 Å². The van der Waals surface area contributed by atoms with E-state index in [9.17, 15) is 0 Å². The van der Waals surface area contributed by atoms with Crippen LogP contribution in [0.4, 0.5) is 0 Å². The highest BCUT2D eigenvalue weighted by Crippen LogP contribution is 2.33. The van der Waals surface area contributed by atoms with Crippen LogP contribution in [0, 0.1) is 0 Å². The van der Waals surface area contributed by atoms with Crippen LogP contribution in [-0.4, -0.2) is 30.6 Å². The largest absolute Gasteiger partial charge is 0.343 e. The zero-order valence-electron chi connectivity index (χ0n) is 10.3. The summed E-state index contributed by atoms with van der Waals surface area (Å²) in [5.74, 6) is -0.424. The first-order valence-corrected chi connectivity index (χ1v) is 6.27. The molecular weight excluding hydrogens is 214 g/mol. The fourth-order valence-electron chi connectivity index (χ4n) is 2.80. The van der Waals surface area contributed by atoms with E-state index in [2.05, 4.69) is 29.6 Å². The summed E-state index contributed by atoms with van der Waals surface area (Å²) in [6, 6.07) is 10.9. The van der Waals surface area contributed by atoms with Gasteiger partial charge in [0, 0.05) is 12.6 Å². The molecule has 2 aliphatic heterocycles. The molecule has 0 spiro atoms. The molecule has 0 saturated carbocycles. The zero-order chi connectivity index (χ0) is 11.9. The molecule has 0 unspecified atom stereocenters. The Bertz CT molecular complexity index is 390. The minimum Gasteiger partial charge on any atom is -0.343 e. The zero-order valence-corrected chi connectivity index (χ0v) is 10.3. The van der Waals surface area contributed by atoms with Gasteiger partial charge >= 0.3 is 0 Å². The molecule has 0 amide bonds. The van der Waals surface area contributed by atoms with E-state index in [1.807, 2.05) is 19.9 Å². The number of ether oxygens (including phenoxy) is 2. The highest BCUT2D eigenvalue weighted by Gasteiger charge is 2.48. The van der Waals surface area contributed by atoms with Crippen molar-refractivity contribution in [1.82, 2.24) is 5.32 Å². The molecule has 2 aliphatic rings. The lowest BCUT2D eigenvalue weighted by Gasteiger charge is -2.22. The first-order chi connectivity index (χ1) is 8.14. The molecule has 17 heavy (non-hydrogen) atoms. The van der Waals surface area contributed by atoms with Crippen LogP contribution >= 0.6 is 0 Å². The number of hydrogen-bond acceptors (Lipinski definition) is 3. The molecular formula is C14H19NO2. The van der Waals surface area contributed by atoms with E-state index in [1.54, 1.807) is 0 Å². The van der Waals surface area contributed by atoms with Gasteiger partial charge in [0.25, 0.3) is 0 Å². The standard InChI is InChI=1S/C14H19NO2/c1-14(2)16-12-9-15-11(13(12)17-14)8-10-6-4-3-5-7-10/h3-7,11-13,15H,8-9H2,1-2H3/t11-,12+,13-/m0/s1.